The predicted molar refractivity (Wildman–Crippen MR) is 148 cm³/mol. The highest BCUT2D eigenvalue weighted by molar-refractivity contribution is 5.97. The van der Waals surface area contributed by atoms with Crippen LogP contribution in [0.25, 0.3) is 5.65 Å². The number of anilines is 2. The molecule has 0 radical (unpaired) electrons. The third-order valence-corrected chi connectivity index (χ3v) is 7.96. The van der Waals surface area contributed by atoms with Crippen LogP contribution in [-0.2, 0) is 4.79 Å². The smallest absolute Gasteiger partial charge is 0.263 e. The van der Waals surface area contributed by atoms with Crippen molar-refractivity contribution >= 4 is 29.1 Å². The molecule has 5 heterocycles. The van der Waals surface area contributed by atoms with Gasteiger partial charge in [-0.3, -0.25) is 9.59 Å². The van der Waals surface area contributed by atoms with Crippen LogP contribution in [0.2, 0.25) is 0 Å². The van der Waals surface area contributed by atoms with Crippen LogP contribution in [0.5, 0.6) is 5.75 Å². The molecule has 12 heteroatoms. The Kier molecular flexibility index (Phi) is 6.52. The first-order valence-corrected chi connectivity index (χ1v) is 13.8. The molecule has 1 aromatic carbocycles. The first-order valence-electron chi connectivity index (χ1n) is 13.8. The SMILES string of the molecule is CN1CCNC(=O)C(C)(C)Oc2ccc(F)cc2C(=O)N2CCCCC2c2cc3nc(N4CC(N)C4)cc1n3n2. The highest BCUT2D eigenvalue weighted by Crippen LogP contribution is 2.36. The van der Waals surface area contributed by atoms with Crippen LogP contribution < -0.4 is 25.6 Å². The number of ether oxygens (including phenoxy) is 1. The summed E-state index contributed by atoms with van der Waals surface area (Å²) >= 11 is 0. The van der Waals surface area contributed by atoms with Gasteiger partial charge in [0.25, 0.3) is 11.8 Å². The number of rotatable bonds is 1. The average molecular weight is 551 g/mol. The largest absolute Gasteiger partial charge is 0.477 e. The van der Waals surface area contributed by atoms with E-state index in [1.165, 1.54) is 18.2 Å². The Morgan fingerprint density at radius 1 is 1.12 bits per heavy atom. The molecule has 6 rings (SSSR count). The molecule has 11 nitrogen and oxygen atoms in total. The number of nitrogens with zero attached hydrogens (tertiary/aromatic N) is 6. The van der Waals surface area contributed by atoms with Crippen molar-refractivity contribution in [3.05, 3.63) is 47.4 Å². The summed E-state index contributed by atoms with van der Waals surface area (Å²) in [5, 5.41) is 7.88. The van der Waals surface area contributed by atoms with Crippen molar-refractivity contribution in [2.45, 2.75) is 50.8 Å². The molecular formula is C28H35FN8O3. The molecular weight excluding hydrogens is 515 g/mol. The zero-order valence-corrected chi connectivity index (χ0v) is 23.1. The van der Waals surface area contributed by atoms with E-state index in [1.54, 1.807) is 23.3 Å². The normalized spacial score (nSPS) is 22.0. The maximum absolute atomic E-state index is 14.5. The van der Waals surface area contributed by atoms with E-state index in [-0.39, 0.29) is 35.2 Å². The molecule has 3 aliphatic heterocycles. The zero-order chi connectivity index (χ0) is 28.2. The van der Waals surface area contributed by atoms with Crippen LogP contribution in [0.4, 0.5) is 16.0 Å². The van der Waals surface area contributed by atoms with Crippen molar-refractivity contribution in [3.63, 3.8) is 0 Å². The minimum absolute atomic E-state index is 0.0820. The van der Waals surface area contributed by atoms with Gasteiger partial charge in [-0.25, -0.2) is 9.37 Å². The Morgan fingerprint density at radius 2 is 1.93 bits per heavy atom. The van der Waals surface area contributed by atoms with Crippen molar-refractivity contribution < 1.29 is 18.7 Å². The first-order chi connectivity index (χ1) is 19.1. The monoisotopic (exact) mass is 550 g/mol. The number of hydrogen-bond acceptors (Lipinski definition) is 8. The second-order valence-electron chi connectivity index (χ2n) is 11.4. The molecule has 2 aromatic heterocycles. The van der Waals surface area contributed by atoms with Crippen molar-refractivity contribution in [2.24, 2.45) is 5.73 Å². The molecule has 2 fully saturated rings. The summed E-state index contributed by atoms with van der Waals surface area (Å²) in [5.41, 5.74) is 6.22. The lowest BCUT2D eigenvalue weighted by Crippen LogP contribution is -2.56. The Labute approximate surface area is 232 Å². The quantitative estimate of drug-likeness (QED) is 0.473. The molecule has 2 bridgehead atoms. The molecule has 3 aromatic rings. The fourth-order valence-electron chi connectivity index (χ4n) is 5.64. The molecule has 212 valence electrons. The molecule has 40 heavy (non-hydrogen) atoms. The van der Waals surface area contributed by atoms with E-state index in [1.807, 2.05) is 24.1 Å². The van der Waals surface area contributed by atoms with Crippen LogP contribution in [0, 0.1) is 5.82 Å². The van der Waals surface area contributed by atoms with Gasteiger partial charge in [0.05, 0.1) is 17.3 Å². The molecule has 0 saturated carbocycles. The molecule has 1 atom stereocenters. The van der Waals surface area contributed by atoms with Gasteiger partial charge < -0.3 is 30.5 Å². The molecule has 3 aliphatic rings. The van der Waals surface area contributed by atoms with E-state index >= 15 is 0 Å². The minimum atomic E-state index is -1.30. The van der Waals surface area contributed by atoms with Crippen molar-refractivity contribution in [1.82, 2.24) is 24.8 Å². The van der Waals surface area contributed by atoms with Crippen molar-refractivity contribution in [3.8, 4) is 5.75 Å². The first kappa shape index (κ1) is 26.3. The summed E-state index contributed by atoms with van der Waals surface area (Å²) in [6, 6.07) is 7.55. The van der Waals surface area contributed by atoms with E-state index < -0.39 is 11.4 Å². The molecule has 0 spiro atoms. The van der Waals surface area contributed by atoms with Gasteiger partial charge in [-0.2, -0.15) is 9.61 Å². The Balaban J connectivity index is 1.48. The summed E-state index contributed by atoms with van der Waals surface area (Å²) in [6.45, 7) is 6.06. The summed E-state index contributed by atoms with van der Waals surface area (Å²) in [7, 11) is 1.94. The second-order valence-corrected chi connectivity index (χ2v) is 11.4. The lowest BCUT2D eigenvalue weighted by Gasteiger charge is -2.38. The van der Waals surface area contributed by atoms with Gasteiger partial charge in [0.1, 0.15) is 23.2 Å². The van der Waals surface area contributed by atoms with E-state index in [0.29, 0.717) is 31.7 Å². The van der Waals surface area contributed by atoms with E-state index in [2.05, 4.69) is 10.2 Å². The van der Waals surface area contributed by atoms with Gasteiger partial charge >= 0.3 is 0 Å². The lowest BCUT2D eigenvalue weighted by atomic mass is 9.98. The van der Waals surface area contributed by atoms with Gasteiger partial charge in [0.15, 0.2) is 11.2 Å². The number of nitrogens with two attached hydrogens (primary N) is 1. The number of amides is 2. The van der Waals surface area contributed by atoms with Crippen LogP contribution in [0.15, 0.2) is 30.3 Å². The van der Waals surface area contributed by atoms with Crippen LogP contribution in [0.1, 0.15) is 55.2 Å². The average Bonchev–Trinajstić information content (AvgIpc) is 3.34. The number of carbonyl (C=O) groups excluding carboxylic acids is 2. The highest BCUT2D eigenvalue weighted by atomic mass is 19.1. The Morgan fingerprint density at radius 3 is 2.70 bits per heavy atom. The highest BCUT2D eigenvalue weighted by Gasteiger charge is 2.36. The maximum atomic E-state index is 14.5. The minimum Gasteiger partial charge on any atom is -0.477 e. The van der Waals surface area contributed by atoms with Gasteiger partial charge in [0.2, 0.25) is 0 Å². The van der Waals surface area contributed by atoms with Gasteiger partial charge in [0, 0.05) is 57.9 Å². The number of piperidine rings is 1. The van der Waals surface area contributed by atoms with Crippen LogP contribution >= 0.6 is 0 Å². The summed E-state index contributed by atoms with van der Waals surface area (Å²) < 4.78 is 22.3. The van der Waals surface area contributed by atoms with E-state index in [0.717, 1.165) is 43.3 Å². The van der Waals surface area contributed by atoms with Gasteiger partial charge in [-0.05, 0) is 51.3 Å². The summed E-state index contributed by atoms with van der Waals surface area (Å²) in [4.78, 5) is 37.9. The zero-order valence-electron chi connectivity index (χ0n) is 23.1. The number of carbonyl (C=O) groups is 2. The molecule has 0 aliphatic carbocycles. The predicted octanol–water partition coefficient (Wildman–Crippen LogP) is 2.11. The number of likely N-dealkylation sites (N-methyl/N-ethyl adjacent to an activating group) is 1. The van der Waals surface area contributed by atoms with Crippen LogP contribution in [0.3, 0.4) is 0 Å². The topological polar surface area (TPSA) is 121 Å². The number of fused-ring (bicyclic) bond motifs is 4. The van der Waals surface area contributed by atoms with Gasteiger partial charge in [-0.15, -0.1) is 0 Å². The van der Waals surface area contributed by atoms with Gasteiger partial charge in [-0.1, -0.05) is 0 Å². The van der Waals surface area contributed by atoms with E-state index in [9.17, 15) is 14.0 Å². The lowest BCUT2D eigenvalue weighted by molar-refractivity contribution is -0.134. The number of nitrogens with one attached hydrogen (secondary N) is 1. The second kappa shape index (κ2) is 9.92. The standard InChI is InChI=1S/C28H35FN8O3/c1-28(2)27(39)31-9-11-34(3)25-14-23(35-15-18(30)16-35)32-24-13-20(33-37(24)25)21-6-4-5-10-36(21)26(38)19-12-17(29)7-8-22(19)40-28/h7-8,12-14,18,21H,4-6,9-11,15-16,30H2,1-3H3,(H,31,39). The number of benzene rings is 1. The van der Waals surface area contributed by atoms with Crippen LogP contribution in [-0.4, -0.2) is 82.7 Å². The molecule has 2 amide bonds. The summed E-state index contributed by atoms with van der Waals surface area (Å²) in [5.74, 6) is 0.521. The molecule has 3 N–H and O–H groups in total. The molecule has 2 saturated heterocycles. The van der Waals surface area contributed by atoms with Crippen molar-refractivity contribution in [2.75, 3.05) is 49.6 Å². The number of aromatic nitrogens is 3. The third-order valence-electron chi connectivity index (χ3n) is 7.96. The summed E-state index contributed by atoms with van der Waals surface area (Å²) in [6.07, 6.45) is 2.47. The Hall–Kier alpha value is -3.93. The third kappa shape index (κ3) is 4.70. The molecule has 1 unspecified atom stereocenters. The number of halogens is 1. The fourth-order valence-corrected chi connectivity index (χ4v) is 5.64. The maximum Gasteiger partial charge on any atom is 0.263 e. The Bertz CT molecular complexity index is 1470. The fraction of sp³-hybridized carbons (Fsp3) is 0.500. The van der Waals surface area contributed by atoms with E-state index in [4.69, 9.17) is 20.6 Å². The number of hydrogen-bond donors (Lipinski definition) is 2. The van der Waals surface area contributed by atoms with Crippen molar-refractivity contribution in [1.29, 1.82) is 0 Å².